The van der Waals surface area contributed by atoms with Crippen LogP contribution in [-0.2, 0) is 0 Å². The number of β-amino-alcohol motifs (C(OH)–C–C–N with tert-alkyl or cyclic N) is 1. The summed E-state index contributed by atoms with van der Waals surface area (Å²) in [7, 11) is 0. The Balaban J connectivity index is 1.82. The van der Waals surface area contributed by atoms with Crippen molar-refractivity contribution in [2.45, 2.75) is 25.7 Å². The van der Waals surface area contributed by atoms with Crippen molar-refractivity contribution in [2.75, 3.05) is 26.2 Å². The molecule has 1 fully saturated rings. The Bertz CT molecular complexity index is 648. The molecule has 0 unspecified atom stereocenters. The van der Waals surface area contributed by atoms with Crippen molar-refractivity contribution < 1.29 is 9.84 Å². The first-order valence-electron chi connectivity index (χ1n) is 8.01. The summed E-state index contributed by atoms with van der Waals surface area (Å²) in [5.74, 6) is 1.53. The molecule has 0 spiro atoms. The molecule has 0 aliphatic carbocycles. The van der Waals surface area contributed by atoms with Crippen LogP contribution < -0.4 is 4.74 Å². The summed E-state index contributed by atoms with van der Waals surface area (Å²) in [5, 5.41) is 9.15. The molecule has 1 N–H and O–H groups in total. The lowest BCUT2D eigenvalue weighted by Crippen LogP contribution is -2.36. The van der Waals surface area contributed by atoms with Crippen molar-refractivity contribution in [3.63, 3.8) is 0 Å². The number of pyridine rings is 1. The van der Waals surface area contributed by atoms with Gasteiger partial charge in [-0.2, -0.15) is 0 Å². The molecule has 6 heteroatoms. The van der Waals surface area contributed by atoms with Crippen molar-refractivity contribution >= 4 is 0 Å². The Kier molecular flexibility index (Phi) is 5.15. The third-order valence-electron chi connectivity index (χ3n) is 4.16. The topological polar surface area (TPSA) is 71.4 Å². The fraction of sp³-hybridized carbons (Fsp3) is 0.471. The van der Waals surface area contributed by atoms with Gasteiger partial charge in [0, 0.05) is 37.6 Å². The van der Waals surface area contributed by atoms with E-state index in [9.17, 15) is 0 Å². The van der Waals surface area contributed by atoms with Gasteiger partial charge in [-0.05, 0) is 38.4 Å². The van der Waals surface area contributed by atoms with Crippen LogP contribution in [0.4, 0.5) is 0 Å². The molecule has 1 saturated heterocycles. The summed E-state index contributed by atoms with van der Waals surface area (Å²) in [6.45, 7) is 4.70. The molecule has 1 atom stereocenters. The maximum absolute atomic E-state index is 9.15. The number of aliphatic hydroxyl groups is 1. The fourth-order valence-electron chi connectivity index (χ4n) is 3.00. The second-order valence-corrected chi connectivity index (χ2v) is 5.80. The zero-order valence-corrected chi connectivity index (χ0v) is 13.4. The Morgan fingerprint density at radius 3 is 2.96 bits per heavy atom. The molecule has 0 saturated carbocycles. The highest BCUT2D eigenvalue weighted by Crippen LogP contribution is 2.32. The normalized spacial score (nSPS) is 18.8. The van der Waals surface area contributed by atoms with Gasteiger partial charge in [0.15, 0.2) is 5.75 Å². The first-order valence-corrected chi connectivity index (χ1v) is 8.01. The van der Waals surface area contributed by atoms with Crippen LogP contribution in [0.1, 0.15) is 30.1 Å². The number of nitrogens with zero attached hydrogens (tertiary/aromatic N) is 4. The molecule has 2 aromatic heterocycles. The van der Waals surface area contributed by atoms with Gasteiger partial charge in [0.25, 0.3) is 0 Å². The molecule has 2 aromatic rings. The molecule has 3 heterocycles. The van der Waals surface area contributed by atoms with E-state index < -0.39 is 0 Å². The molecule has 122 valence electrons. The van der Waals surface area contributed by atoms with Crippen LogP contribution >= 0.6 is 0 Å². The smallest absolute Gasteiger partial charge is 0.241 e. The number of aromatic nitrogens is 3. The van der Waals surface area contributed by atoms with Crippen LogP contribution in [0.3, 0.4) is 0 Å². The van der Waals surface area contributed by atoms with Gasteiger partial charge in [0.05, 0.1) is 12.3 Å². The van der Waals surface area contributed by atoms with Crippen molar-refractivity contribution in [3.05, 3.63) is 42.1 Å². The van der Waals surface area contributed by atoms with Crippen molar-refractivity contribution in [3.8, 4) is 11.6 Å². The summed E-state index contributed by atoms with van der Waals surface area (Å²) in [6, 6.07) is 3.74. The van der Waals surface area contributed by atoms with Crippen molar-refractivity contribution in [2.24, 2.45) is 0 Å². The van der Waals surface area contributed by atoms with Gasteiger partial charge in [-0.15, -0.1) is 0 Å². The van der Waals surface area contributed by atoms with Crippen LogP contribution in [0.25, 0.3) is 0 Å². The number of hydrogen-bond acceptors (Lipinski definition) is 6. The van der Waals surface area contributed by atoms with Crippen LogP contribution in [-0.4, -0.2) is 51.2 Å². The second kappa shape index (κ2) is 7.48. The minimum atomic E-state index is 0.186. The fourth-order valence-corrected chi connectivity index (χ4v) is 3.00. The SMILES string of the molecule is Cc1ncccc1Oc1nccnc1[C@@H]1CCCN(CCO)C1. The Hall–Kier alpha value is -2.05. The average molecular weight is 314 g/mol. The van der Waals surface area contributed by atoms with Crippen LogP contribution in [0.15, 0.2) is 30.7 Å². The molecule has 0 radical (unpaired) electrons. The molecule has 0 bridgehead atoms. The predicted molar refractivity (Wildman–Crippen MR) is 86.6 cm³/mol. The number of piperidine rings is 1. The van der Waals surface area contributed by atoms with Gasteiger partial charge in [0.2, 0.25) is 5.88 Å². The Morgan fingerprint density at radius 2 is 2.13 bits per heavy atom. The highest BCUT2D eigenvalue weighted by Gasteiger charge is 2.25. The van der Waals surface area contributed by atoms with Crippen LogP contribution in [0, 0.1) is 6.92 Å². The maximum Gasteiger partial charge on any atom is 0.241 e. The number of aryl methyl sites for hydroxylation is 1. The molecule has 3 rings (SSSR count). The summed E-state index contributed by atoms with van der Waals surface area (Å²) >= 11 is 0. The Morgan fingerprint density at radius 1 is 1.26 bits per heavy atom. The van der Waals surface area contributed by atoms with E-state index in [2.05, 4.69) is 19.9 Å². The van der Waals surface area contributed by atoms with E-state index in [0.29, 0.717) is 18.2 Å². The third-order valence-corrected chi connectivity index (χ3v) is 4.16. The lowest BCUT2D eigenvalue weighted by Gasteiger charge is -2.32. The number of aliphatic hydroxyl groups excluding tert-OH is 1. The zero-order chi connectivity index (χ0) is 16.1. The predicted octanol–water partition coefficient (Wildman–Crippen LogP) is 2.14. The lowest BCUT2D eigenvalue weighted by atomic mass is 9.94. The van der Waals surface area contributed by atoms with Crippen molar-refractivity contribution in [1.82, 2.24) is 19.9 Å². The van der Waals surface area contributed by atoms with Gasteiger partial charge in [-0.3, -0.25) is 9.97 Å². The van der Waals surface area contributed by atoms with Gasteiger partial charge >= 0.3 is 0 Å². The standard InChI is InChI=1S/C17H22N4O2/c1-13-15(5-2-6-18-13)23-17-16(19-7-8-20-17)14-4-3-9-21(12-14)10-11-22/h2,5-8,14,22H,3-4,9-12H2,1H3/t14-/m1/s1. The number of rotatable bonds is 5. The van der Waals surface area contributed by atoms with E-state index in [1.807, 2.05) is 19.1 Å². The zero-order valence-electron chi connectivity index (χ0n) is 13.4. The summed E-state index contributed by atoms with van der Waals surface area (Å²) < 4.78 is 5.98. The van der Waals surface area contributed by atoms with E-state index >= 15 is 0 Å². The molecular formula is C17H22N4O2. The molecule has 6 nitrogen and oxygen atoms in total. The molecule has 23 heavy (non-hydrogen) atoms. The highest BCUT2D eigenvalue weighted by molar-refractivity contribution is 5.33. The highest BCUT2D eigenvalue weighted by atomic mass is 16.5. The first-order chi connectivity index (χ1) is 11.3. The quantitative estimate of drug-likeness (QED) is 0.912. The molecule has 0 amide bonds. The largest absolute Gasteiger partial charge is 0.435 e. The third kappa shape index (κ3) is 3.83. The monoisotopic (exact) mass is 314 g/mol. The van der Waals surface area contributed by atoms with Gasteiger partial charge in [0.1, 0.15) is 5.69 Å². The van der Waals surface area contributed by atoms with E-state index in [1.54, 1.807) is 18.6 Å². The number of hydrogen-bond donors (Lipinski definition) is 1. The van der Waals surface area contributed by atoms with Gasteiger partial charge < -0.3 is 14.7 Å². The minimum absolute atomic E-state index is 0.186. The summed E-state index contributed by atoms with van der Waals surface area (Å²) in [4.78, 5) is 15.4. The maximum atomic E-state index is 9.15. The second-order valence-electron chi connectivity index (χ2n) is 5.80. The molecule has 1 aliphatic rings. The number of ether oxygens (including phenoxy) is 1. The van der Waals surface area contributed by atoms with Crippen LogP contribution in [0.5, 0.6) is 11.6 Å². The number of likely N-dealkylation sites (tertiary alicyclic amines) is 1. The van der Waals surface area contributed by atoms with Crippen molar-refractivity contribution in [1.29, 1.82) is 0 Å². The van der Waals surface area contributed by atoms with E-state index in [-0.39, 0.29) is 12.5 Å². The first kappa shape index (κ1) is 15.8. The summed E-state index contributed by atoms with van der Waals surface area (Å²) in [6.07, 6.45) is 7.26. The van der Waals surface area contributed by atoms with Gasteiger partial charge in [-0.25, -0.2) is 4.98 Å². The molecule has 1 aliphatic heterocycles. The van der Waals surface area contributed by atoms with E-state index in [0.717, 1.165) is 37.3 Å². The molecular weight excluding hydrogens is 292 g/mol. The lowest BCUT2D eigenvalue weighted by molar-refractivity contribution is 0.159. The average Bonchev–Trinajstić information content (AvgIpc) is 2.58. The van der Waals surface area contributed by atoms with Crippen LogP contribution in [0.2, 0.25) is 0 Å². The summed E-state index contributed by atoms with van der Waals surface area (Å²) in [5.41, 5.74) is 1.72. The Labute approximate surface area is 136 Å². The molecule has 0 aromatic carbocycles. The minimum Gasteiger partial charge on any atom is -0.435 e. The van der Waals surface area contributed by atoms with E-state index in [1.165, 1.54) is 0 Å². The van der Waals surface area contributed by atoms with E-state index in [4.69, 9.17) is 9.84 Å². The van der Waals surface area contributed by atoms with Gasteiger partial charge in [-0.1, -0.05) is 0 Å².